The molecule has 1 atom stereocenters. The van der Waals surface area contributed by atoms with Crippen LogP contribution in [0.15, 0.2) is 45.3 Å². The molecule has 0 saturated heterocycles. The summed E-state index contributed by atoms with van der Waals surface area (Å²) >= 11 is 18.5. The third-order valence-corrected chi connectivity index (χ3v) is 4.67. The first-order chi connectivity index (χ1) is 11.3. The number of rotatable bonds is 5. The monoisotopic (exact) mass is 493 g/mol. The van der Waals surface area contributed by atoms with Crippen molar-refractivity contribution in [3.8, 4) is 0 Å². The van der Waals surface area contributed by atoms with Crippen LogP contribution >= 0.6 is 55.1 Å². The minimum Gasteiger partial charge on any atom is -0.480 e. The predicted molar refractivity (Wildman–Crippen MR) is 101 cm³/mol. The van der Waals surface area contributed by atoms with Gasteiger partial charge in [0, 0.05) is 31.0 Å². The number of hydrogen-bond acceptors (Lipinski definition) is 2. The first kappa shape index (κ1) is 19.2. The van der Waals surface area contributed by atoms with Gasteiger partial charge in [0.1, 0.15) is 6.04 Å². The van der Waals surface area contributed by atoms with Gasteiger partial charge in [-0.3, -0.25) is 4.79 Å². The summed E-state index contributed by atoms with van der Waals surface area (Å²) in [6.07, 6.45) is 0.0479. The predicted octanol–water partition coefficient (Wildman–Crippen LogP) is 4.94. The average Bonchev–Trinajstić information content (AvgIpc) is 2.47. The highest BCUT2D eigenvalue weighted by Gasteiger charge is 2.22. The van der Waals surface area contributed by atoms with E-state index in [-0.39, 0.29) is 6.42 Å². The lowest BCUT2D eigenvalue weighted by atomic mass is 10.1. The standard InChI is InChI=1S/C16H11Br2Cl2NO3/c17-10-3-9(4-11(18)6-10)15(22)21-14(16(23)24)5-8-1-2-12(19)7-13(8)20/h1-4,6-7,14H,5H2,(H,21,22)(H,23,24)/t14-/m0/s1. The molecule has 2 rings (SSSR count). The van der Waals surface area contributed by atoms with E-state index in [4.69, 9.17) is 23.2 Å². The van der Waals surface area contributed by atoms with Gasteiger partial charge in [0.05, 0.1) is 0 Å². The lowest BCUT2D eigenvalue weighted by molar-refractivity contribution is -0.139. The summed E-state index contributed by atoms with van der Waals surface area (Å²) in [5.74, 6) is -1.64. The third-order valence-electron chi connectivity index (χ3n) is 3.17. The van der Waals surface area contributed by atoms with E-state index in [2.05, 4.69) is 37.2 Å². The Morgan fingerprint density at radius 2 is 1.71 bits per heavy atom. The zero-order valence-corrected chi connectivity index (χ0v) is 16.7. The van der Waals surface area contributed by atoms with Crippen LogP contribution in [0.3, 0.4) is 0 Å². The molecule has 0 heterocycles. The maximum Gasteiger partial charge on any atom is 0.326 e. The molecule has 1 amide bonds. The van der Waals surface area contributed by atoms with Crippen molar-refractivity contribution in [2.45, 2.75) is 12.5 Å². The largest absolute Gasteiger partial charge is 0.480 e. The highest BCUT2D eigenvalue weighted by atomic mass is 79.9. The molecule has 0 bridgehead atoms. The fourth-order valence-corrected chi connectivity index (χ4v) is 3.81. The van der Waals surface area contributed by atoms with Crippen molar-refractivity contribution >= 4 is 66.9 Å². The van der Waals surface area contributed by atoms with E-state index in [1.807, 2.05) is 0 Å². The highest BCUT2D eigenvalue weighted by molar-refractivity contribution is 9.11. The van der Waals surface area contributed by atoms with Gasteiger partial charge in [0.2, 0.25) is 0 Å². The molecule has 0 fully saturated rings. The second kappa shape index (κ2) is 8.34. The highest BCUT2D eigenvalue weighted by Crippen LogP contribution is 2.23. The van der Waals surface area contributed by atoms with E-state index in [1.165, 1.54) is 6.07 Å². The zero-order chi connectivity index (χ0) is 17.9. The lowest BCUT2D eigenvalue weighted by Crippen LogP contribution is -2.42. The smallest absolute Gasteiger partial charge is 0.326 e. The van der Waals surface area contributed by atoms with Crippen LogP contribution in [0.1, 0.15) is 15.9 Å². The molecule has 2 aromatic rings. The summed E-state index contributed by atoms with van der Waals surface area (Å²) in [6.45, 7) is 0. The molecule has 4 nitrogen and oxygen atoms in total. The van der Waals surface area contributed by atoms with Crippen molar-refractivity contribution in [2.75, 3.05) is 0 Å². The number of carbonyl (C=O) groups excluding carboxylic acids is 1. The second-order valence-corrected chi connectivity index (χ2v) is 7.64. The van der Waals surface area contributed by atoms with Crippen molar-refractivity contribution in [1.82, 2.24) is 5.32 Å². The number of aliphatic carboxylic acids is 1. The first-order valence-electron chi connectivity index (χ1n) is 6.70. The summed E-state index contributed by atoms with van der Waals surface area (Å²) in [5.41, 5.74) is 0.925. The van der Waals surface area contributed by atoms with E-state index in [0.29, 0.717) is 30.1 Å². The minimum absolute atomic E-state index is 0.0479. The van der Waals surface area contributed by atoms with Gasteiger partial charge < -0.3 is 10.4 Å². The van der Waals surface area contributed by atoms with Crippen LogP contribution < -0.4 is 5.32 Å². The molecule has 0 saturated carbocycles. The van der Waals surface area contributed by atoms with Crippen LogP contribution in [-0.2, 0) is 11.2 Å². The maximum atomic E-state index is 12.3. The Labute approximate surface area is 165 Å². The van der Waals surface area contributed by atoms with Crippen LogP contribution in [0.5, 0.6) is 0 Å². The zero-order valence-electron chi connectivity index (χ0n) is 12.0. The van der Waals surface area contributed by atoms with Crippen LogP contribution in [-0.4, -0.2) is 23.0 Å². The maximum absolute atomic E-state index is 12.3. The first-order valence-corrected chi connectivity index (χ1v) is 9.04. The lowest BCUT2D eigenvalue weighted by Gasteiger charge is -2.16. The number of nitrogens with one attached hydrogen (secondary N) is 1. The van der Waals surface area contributed by atoms with Gasteiger partial charge in [0.15, 0.2) is 0 Å². The number of halogens is 4. The fourth-order valence-electron chi connectivity index (χ4n) is 2.03. The summed E-state index contributed by atoms with van der Waals surface area (Å²) in [5, 5.41) is 12.7. The SMILES string of the molecule is O=C(N[C@@H](Cc1ccc(Cl)cc1Cl)C(=O)O)c1cc(Br)cc(Br)c1. The molecule has 0 aliphatic rings. The molecule has 0 aromatic heterocycles. The molecule has 8 heteroatoms. The molecular weight excluding hydrogens is 485 g/mol. The number of carboxylic acids is 1. The quantitative estimate of drug-likeness (QED) is 0.617. The number of carbonyl (C=O) groups is 2. The van der Waals surface area contributed by atoms with E-state index in [9.17, 15) is 14.7 Å². The van der Waals surface area contributed by atoms with Crippen LogP contribution in [0.2, 0.25) is 10.0 Å². The van der Waals surface area contributed by atoms with Crippen molar-refractivity contribution in [3.63, 3.8) is 0 Å². The summed E-state index contributed by atoms with van der Waals surface area (Å²) in [4.78, 5) is 23.8. The van der Waals surface area contributed by atoms with Gasteiger partial charge >= 0.3 is 5.97 Å². The Bertz CT molecular complexity index is 779. The topological polar surface area (TPSA) is 66.4 Å². The second-order valence-electron chi connectivity index (χ2n) is 4.96. The Morgan fingerprint density at radius 1 is 1.08 bits per heavy atom. The molecule has 0 spiro atoms. The van der Waals surface area contributed by atoms with Gasteiger partial charge in [0.25, 0.3) is 5.91 Å². The Morgan fingerprint density at radius 3 is 2.25 bits per heavy atom. The number of hydrogen-bond donors (Lipinski definition) is 2. The van der Waals surface area contributed by atoms with Gasteiger partial charge in [-0.05, 0) is 35.9 Å². The van der Waals surface area contributed by atoms with E-state index >= 15 is 0 Å². The Hall–Kier alpha value is -1.08. The molecule has 0 radical (unpaired) electrons. The van der Waals surface area contributed by atoms with Crippen molar-refractivity contribution in [3.05, 3.63) is 66.5 Å². The van der Waals surface area contributed by atoms with Crippen molar-refractivity contribution in [1.29, 1.82) is 0 Å². The van der Waals surface area contributed by atoms with Gasteiger partial charge in [-0.1, -0.05) is 61.1 Å². The Balaban J connectivity index is 2.19. The molecule has 0 aliphatic carbocycles. The van der Waals surface area contributed by atoms with Crippen molar-refractivity contribution < 1.29 is 14.7 Å². The molecular formula is C16H11Br2Cl2NO3. The van der Waals surface area contributed by atoms with Crippen LogP contribution in [0, 0.1) is 0 Å². The summed E-state index contributed by atoms with van der Waals surface area (Å²) < 4.78 is 1.41. The number of carboxylic acid groups (broad SMARTS) is 1. The summed E-state index contributed by atoms with van der Waals surface area (Å²) in [7, 11) is 0. The van der Waals surface area contributed by atoms with Gasteiger partial charge in [-0.25, -0.2) is 4.79 Å². The molecule has 0 aliphatic heterocycles. The normalized spacial score (nSPS) is 11.8. The van der Waals surface area contributed by atoms with Crippen LogP contribution in [0.4, 0.5) is 0 Å². The molecule has 2 N–H and O–H groups in total. The third kappa shape index (κ3) is 5.21. The molecule has 2 aromatic carbocycles. The minimum atomic E-state index is -1.15. The van der Waals surface area contributed by atoms with Gasteiger partial charge in [-0.2, -0.15) is 0 Å². The van der Waals surface area contributed by atoms with E-state index in [1.54, 1.807) is 30.3 Å². The molecule has 126 valence electrons. The van der Waals surface area contributed by atoms with Crippen LogP contribution in [0.25, 0.3) is 0 Å². The number of amides is 1. The fraction of sp³-hybridized carbons (Fsp3) is 0.125. The molecule has 24 heavy (non-hydrogen) atoms. The van der Waals surface area contributed by atoms with Gasteiger partial charge in [-0.15, -0.1) is 0 Å². The van der Waals surface area contributed by atoms with E-state index < -0.39 is 17.9 Å². The average molecular weight is 496 g/mol. The van der Waals surface area contributed by atoms with E-state index in [0.717, 1.165) is 0 Å². The number of benzene rings is 2. The summed E-state index contributed by atoms with van der Waals surface area (Å²) in [6, 6.07) is 8.66. The molecule has 0 unspecified atom stereocenters. The Kier molecular flexibility index (Phi) is 6.69. The van der Waals surface area contributed by atoms with Crippen molar-refractivity contribution in [2.24, 2.45) is 0 Å².